The van der Waals surface area contributed by atoms with Crippen LogP contribution in [0.2, 0.25) is 5.02 Å². The molecule has 4 rings (SSSR count). The van der Waals surface area contributed by atoms with E-state index in [4.69, 9.17) is 11.6 Å². The van der Waals surface area contributed by atoms with Gasteiger partial charge in [-0.15, -0.1) is 5.10 Å². The molecule has 0 spiro atoms. The molecule has 1 atom stereocenters. The number of hydrogen-bond acceptors (Lipinski definition) is 6. The van der Waals surface area contributed by atoms with Crippen molar-refractivity contribution in [1.82, 2.24) is 20.2 Å². The fourth-order valence-corrected chi connectivity index (χ4v) is 4.15. The summed E-state index contributed by atoms with van der Waals surface area (Å²) in [6.45, 7) is 6.48. The van der Waals surface area contributed by atoms with Gasteiger partial charge in [0, 0.05) is 27.4 Å². The highest BCUT2D eigenvalue weighted by atomic mass is 35.5. The van der Waals surface area contributed by atoms with Gasteiger partial charge < -0.3 is 10.3 Å². The molecule has 35 heavy (non-hydrogen) atoms. The van der Waals surface area contributed by atoms with Crippen molar-refractivity contribution < 1.29 is 8.78 Å². The van der Waals surface area contributed by atoms with Crippen LogP contribution in [0.25, 0.3) is 0 Å². The van der Waals surface area contributed by atoms with E-state index in [0.29, 0.717) is 27.9 Å². The maximum absolute atomic E-state index is 13.9. The van der Waals surface area contributed by atoms with Crippen molar-refractivity contribution in [3.63, 3.8) is 0 Å². The summed E-state index contributed by atoms with van der Waals surface area (Å²) in [6.07, 6.45) is 1.64. The Morgan fingerprint density at radius 3 is 2.51 bits per heavy atom. The van der Waals surface area contributed by atoms with Gasteiger partial charge in [-0.1, -0.05) is 43.3 Å². The molecule has 2 aromatic carbocycles. The Balaban J connectivity index is 0.00000167. The van der Waals surface area contributed by atoms with Crippen molar-refractivity contribution in [3.05, 3.63) is 94.2 Å². The van der Waals surface area contributed by atoms with Crippen LogP contribution in [0.4, 0.5) is 14.5 Å². The van der Waals surface area contributed by atoms with Crippen molar-refractivity contribution in [3.8, 4) is 6.07 Å². The van der Waals surface area contributed by atoms with Crippen LogP contribution in [0, 0.1) is 29.9 Å². The largest absolute Gasteiger partial charge is 0.379 e. The van der Waals surface area contributed by atoms with Crippen molar-refractivity contribution in [2.45, 2.75) is 43.2 Å². The molecule has 1 unspecified atom stereocenters. The van der Waals surface area contributed by atoms with E-state index < -0.39 is 17.6 Å². The molecular weight excluding hydrogens is 490 g/mol. The standard InChI is InChI=1S/C23H17ClF2N6S.C2H6/c1-13-21(30-12-29-13)11-28-15-3-4-16(18(24)9-15)17(10-27)20-5-7-23(32-31-20)33-22-6-2-14(25)8-19(22)26;1-2/h2-9,12,17,28H,11H2,1H3,(H,29,30);1-2H3. The van der Waals surface area contributed by atoms with Gasteiger partial charge in [0.2, 0.25) is 0 Å². The van der Waals surface area contributed by atoms with E-state index >= 15 is 0 Å². The highest BCUT2D eigenvalue weighted by molar-refractivity contribution is 7.99. The van der Waals surface area contributed by atoms with Gasteiger partial charge in [0.25, 0.3) is 0 Å². The molecule has 0 saturated carbocycles. The van der Waals surface area contributed by atoms with Crippen molar-refractivity contribution in [1.29, 1.82) is 5.26 Å². The van der Waals surface area contributed by atoms with Crippen LogP contribution < -0.4 is 5.32 Å². The maximum Gasteiger partial charge on any atom is 0.140 e. The van der Waals surface area contributed by atoms with E-state index in [1.54, 1.807) is 30.6 Å². The van der Waals surface area contributed by atoms with Crippen molar-refractivity contribution >= 4 is 29.1 Å². The zero-order valence-corrected chi connectivity index (χ0v) is 20.9. The molecule has 2 heterocycles. The molecule has 0 bridgehead atoms. The van der Waals surface area contributed by atoms with Gasteiger partial charge in [0.15, 0.2) is 0 Å². The number of halogens is 3. The number of anilines is 1. The van der Waals surface area contributed by atoms with Gasteiger partial charge in [-0.05, 0) is 48.9 Å². The first-order valence-electron chi connectivity index (χ1n) is 10.8. The van der Waals surface area contributed by atoms with E-state index in [1.807, 2.05) is 26.8 Å². The molecule has 0 aliphatic heterocycles. The highest BCUT2D eigenvalue weighted by Gasteiger charge is 2.19. The van der Waals surface area contributed by atoms with Crippen LogP contribution in [-0.2, 0) is 6.54 Å². The third-order valence-electron chi connectivity index (χ3n) is 4.90. The van der Waals surface area contributed by atoms with Crippen molar-refractivity contribution in [2.24, 2.45) is 0 Å². The number of nitriles is 1. The predicted octanol–water partition coefficient (Wildman–Crippen LogP) is 6.88. The second kappa shape index (κ2) is 12.3. The van der Waals surface area contributed by atoms with Gasteiger partial charge >= 0.3 is 0 Å². The lowest BCUT2D eigenvalue weighted by Gasteiger charge is -2.13. The second-order valence-electron chi connectivity index (χ2n) is 7.10. The van der Waals surface area contributed by atoms with Gasteiger partial charge in [-0.25, -0.2) is 13.8 Å². The summed E-state index contributed by atoms with van der Waals surface area (Å²) in [5, 5.41) is 22.1. The topological polar surface area (TPSA) is 90.3 Å². The minimum absolute atomic E-state index is 0.228. The number of aromatic nitrogens is 4. The Morgan fingerprint density at radius 2 is 1.91 bits per heavy atom. The average molecular weight is 513 g/mol. The first-order valence-corrected chi connectivity index (χ1v) is 12.0. The summed E-state index contributed by atoms with van der Waals surface area (Å²) in [6, 6.07) is 14.2. The lowest BCUT2D eigenvalue weighted by molar-refractivity contribution is 0.565. The number of imidazole rings is 1. The Bertz CT molecular complexity index is 1320. The summed E-state index contributed by atoms with van der Waals surface area (Å²) >= 11 is 7.49. The first kappa shape index (κ1) is 26.1. The van der Waals surface area contributed by atoms with Crippen molar-refractivity contribution in [2.75, 3.05) is 5.32 Å². The number of aromatic amines is 1. The van der Waals surface area contributed by atoms with E-state index in [0.717, 1.165) is 34.9 Å². The molecular formula is C25H23ClF2N6S. The van der Waals surface area contributed by atoms with Crippen LogP contribution in [0.15, 0.2) is 64.8 Å². The molecule has 0 aliphatic carbocycles. The van der Waals surface area contributed by atoms with E-state index in [2.05, 4.69) is 31.6 Å². The summed E-state index contributed by atoms with van der Waals surface area (Å²) in [5.74, 6) is -2.05. The second-order valence-corrected chi connectivity index (χ2v) is 8.57. The fraction of sp³-hybridized carbons (Fsp3) is 0.200. The predicted molar refractivity (Wildman–Crippen MR) is 133 cm³/mol. The quantitative estimate of drug-likeness (QED) is 0.280. The summed E-state index contributed by atoms with van der Waals surface area (Å²) in [4.78, 5) is 7.50. The van der Waals surface area contributed by atoms with Crippen LogP contribution in [0.1, 0.15) is 42.4 Å². The highest BCUT2D eigenvalue weighted by Crippen LogP contribution is 2.33. The summed E-state index contributed by atoms with van der Waals surface area (Å²) in [5.41, 5.74) is 3.69. The number of hydrogen-bond donors (Lipinski definition) is 2. The Labute approximate surface area is 211 Å². The zero-order chi connectivity index (χ0) is 25.4. The third kappa shape index (κ3) is 6.56. The minimum Gasteiger partial charge on any atom is -0.379 e. The molecule has 0 saturated heterocycles. The minimum atomic E-state index is -0.728. The van der Waals surface area contributed by atoms with Crippen LogP contribution in [0.5, 0.6) is 0 Å². The SMILES string of the molecule is CC.Cc1[nH]cnc1CNc1ccc(C(C#N)c2ccc(Sc3ccc(F)cc3F)nn2)c(Cl)c1. The molecule has 2 aromatic heterocycles. The monoisotopic (exact) mass is 512 g/mol. The number of aryl methyl sites for hydroxylation is 1. The van der Waals surface area contributed by atoms with E-state index in [9.17, 15) is 14.0 Å². The van der Waals surface area contributed by atoms with Gasteiger partial charge in [0.05, 0.1) is 30.3 Å². The summed E-state index contributed by atoms with van der Waals surface area (Å²) < 4.78 is 27.0. The Hall–Kier alpha value is -3.48. The third-order valence-corrected chi connectivity index (χ3v) is 6.20. The molecule has 4 aromatic rings. The smallest absolute Gasteiger partial charge is 0.140 e. The molecule has 2 N–H and O–H groups in total. The maximum atomic E-state index is 13.9. The fourth-order valence-electron chi connectivity index (χ4n) is 3.13. The number of nitrogens with one attached hydrogen (secondary N) is 2. The first-order chi connectivity index (χ1) is 16.9. The molecule has 0 aliphatic rings. The zero-order valence-electron chi connectivity index (χ0n) is 19.3. The summed E-state index contributed by atoms with van der Waals surface area (Å²) in [7, 11) is 0. The van der Waals surface area contributed by atoms with Crippen LogP contribution >= 0.6 is 23.4 Å². The normalized spacial score (nSPS) is 11.2. The van der Waals surface area contributed by atoms with Gasteiger partial charge in [0.1, 0.15) is 22.6 Å². The number of rotatable bonds is 7. The lowest BCUT2D eigenvalue weighted by atomic mass is 9.96. The molecule has 0 radical (unpaired) electrons. The Kier molecular flexibility index (Phi) is 9.18. The number of benzene rings is 2. The van der Waals surface area contributed by atoms with Gasteiger partial charge in [-0.2, -0.15) is 10.4 Å². The van der Waals surface area contributed by atoms with E-state index in [-0.39, 0.29) is 4.90 Å². The molecule has 6 nitrogen and oxygen atoms in total. The molecule has 0 amide bonds. The van der Waals surface area contributed by atoms with Crippen LogP contribution in [0.3, 0.4) is 0 Å². The Morgan fingerprint density at radius 1 is 1.11 bits per heavy atom. The van der Waals surface area contributed by atoms with Crippen LogP contribution in [-0.4, -0.2) is 20.2 Å². The molecule has 0 fully saturated rings. The van der Waals surface area contributed by atoms with E-state index in [1.165, 1.54) is 12.1 Å². The number of H-pyrrole nitrogens is 1. The molecule has 10 heteroatoms. The lowest BCUT2D eigenvalue weighted by Crippen LogP contribution is -2.05. The van der Waals surface area contributed by atoms with Gasteiger partial charge in [-0.3, -0.25) is 0 Å². The molecule has 180 valence electrons. The number of nitrogens with zero attached hydrogens (tertiary/aromatic N) is 4. The average Bonchev–Trinajstić information content (AvgIpc) is 3.28.